The van der Waals surface area contributed by atoms with Crippen LogP contribution in [0.4, 0.5) is 0 Å². The van der Waals surface area contributed by atoms with Crippen molar-refractivity contribution in [3.8, 4) is 17.0 Å². The number of carbonyl (C=O) groups excluding carboxylic acids is 2. The Bertz CT molecular complexity index is 944. The molecule has 0 unspecified atom stereocenters. The van der Waals surface area contributed by atoms with E-state index in [2.05, 4.69) is 4.98 Å². The summed E-state index contributed by atoms with van der Waals surface area (Å²) in [6.45, 7) is 0.257. The number of imide groups is 1. The van der Waals surface area contributed by atoms with Crippen molar-refractivity contribution in [2.45, 2.75) is 6.54 Å². The molecule has 1 aromatic heterocycles. The van der Waals surface area contributed by atoms with Gasteiger partial charge in [-0.3, -0.25) is 14.5 Å². The minimum absolute atomic E-state index is 0.242. The van der Waals surface area contributed by atoms with Gasteiger partial charge in [-0.2, -0.15) is 0 Å². The maximum atomic E-state index is 12.4. The van der Waals surface area contributed by atoms with E-state index in [1.54, 1.807) is 37.6 Å². The van der Waals surface area contributed by atoms with E-state index in [-0.39, 0.29) is 18.4 Å². The van der Waals surface area contributed by atoms with Crippen molar-refractivity contribution in [1.29, 1.82) is 0 Å². The maximum Gasteiger partial charge on any atom is 0.261 e. The van der Waals surface area contributed by atoms with Crippen molar-refractivity contribution >= 4 is 11.8 Å². The van der Waals surface area contributed by atoms with Crippen LogP contribution in [0.1, 0.15) is 26.3 Å². The van der Waals surface area contributed by atoms with Crippen LogP contribution in [0.2, 0.25) is 0 Å². The van der Waals surface area contributed by atoms with E-state index in [4.69, 9.17) is 4.74 Å². The van der Waals surface area contributed by atoms with Gasteiger partial charge in [0.2, 0.25) is 5.88 Å². The molecule has 0 saturated heterocycles. The van der Waals surface area contributed by atoms with Crippen LogP contribution < -0.4 is 4.74 Å². The molecule has 26 heavy (non-hydrogen) atoms. The second-order valence-electron chi connectivity index (χ2n) is 6.03. The van der Waals surface area contributed by atoms with Crippen LogP contribution in [0.25, 0.3) is 11.1 Å². The van der Waals surface area contributed by atoms with Crippen molar-refractivity contribution < 1.29 is 14.3 Å². The molecule has 0 N–H and O–H groups in total. The molecule has 5 heteroatoms. The predicted molar refractivity (Wildman–Crippen MR) is 96.9 cm³/mol. The lowest BCUT2D eigenvalue weighted by Crippen LogP contribution is -2.29. The van der Waals surface area contributed by atoms with E-state index in [0.29, 0.717) is 17.0 Å². The first-order chi connectivity index (χ1) is 12.7. The van der Waals surface area contributed by atoms with E-state index in [1.807, 2.05) is 36.4 Å². The van der Waals surface area contributed by atoms with Crippen molar-refractivity contribution in [1.82, 2.24) is 9.88 Å². The summed E-state index contributed by atoms with van der Waals surface area (Å²) in [5.41, 5.74) is 3.81. The standard InChI is InChI=1S/C21H16N2O3/c1-26-19-11-10-16(12-22-19)15-8-6-14(7-9-15)13-23-20(24)17-4-2-3-5-18(17)21(23)25/h2-12H,13H2,1H3. The lowest BCUT2D eigenvalue weighted by atomic mass is 10.1. The van der Waals surface area contributed by atoms with Crippen LogP contribution in [0.3, 0.4) is 0 Å². The predicted octanol–water partition coefficient (Wildman–Crippen LogP) is 3.55. The molecule has 1 aliphatic rings. The van der Waals surface area contributed by atoms with Crippen molar-refractivity contribution in [2.24, 2.45) is 0 Å². The van der Waals surface area contributed by atoms with Gasteiger partial charge in [-0.25, -0.2) is 4.98 Å². The Hall–Kier alpha value is -3.47. The summed E-state index contributed by atoms with van der Waals surface area (Å²) >= 11 is 0. The molecule has 0 atom stereocenters. The Morgan fingerprint density at radius 1 is 0.846 bits per heavy atom. The fourth-order valence-corrected chi connectivity index (χ4v) is 3.04. The fourth-order valence-electron chi connectivity index (χ4n) is 3.04. The van der Waals surface area contributed by atoms with E-state index >= 15 is 0 Å². The van der Waals surface area contributed by atoms with Crippen LogP contribution >= 0.6 is 0 Å². The van der Waals surface area contributed by atoms with Crippen molar-refractivity contribution in [3.63, 3.8) is 0 Å². The van der Waals surface area contributed by atoms with E-state index in [0.717, 1.165) is 16.7 Å². The number of methoxy groups -OCH3 is 1. The summed E-state index contributed by atoms with van der Waals surface area (Å²) in [5, 5.41) is 0. The highest BCUT2D eigenvalue weighted by Gasteiger charge is 2.34. The number of nitrogens with zero attached hydrogens (tertiary/aromatic N) is 2. The number of hydrogen-bond donors (Lipinski definition) is 0. The Morgan fingerprint density at radius 2 is 1.46 bits per heavy atom. The van der Waals surface area contributed by atoms with Gasteiger partial charge in [0.25, 0.3) is 11.8 Å². The molecule has 0 fully saturated rings. The van der Waals surface area contributed by atoms with Gasteiger partial charge < -0.3 is 4.74 Å². The first-order valence-electron chi connectivity index (χ1n) is 8.22. The molecular formula is C21H16N2O3. The minimum atomic E-state index is -0.242. The first kappa shape index (κ1) is 16.0. The molecule has 1 aliphatic heterocycles. The molecule has 5 nitrogen and oxygen atoms in total. The number of fused-ring (bicyclic) bond motifs is 1. The molecule has 0 aliphatic carbocycles. The number of pyridine rings is 1. The van der Waals surface area contributed by atoms with Gasteiger partial charge in [0, 0.05) is 17.8 Å². The fraction of sp³-hybridized carbons (Fsp3) is 0.0952. The summed E-state index contributed by atoms with van der Waals surface area (Å²) < 4.78 is 5.06. The van der Waals surface area contributed by atoms with Crippen LogP contribution in [0.5, 0.6) is 5.88 Å². The number of aromatic nitrogens is 1. The molecule has 2 amide bonds. The molecule has 3 aromatic rings. The molecule has 0 bridgehead atoms. The number of rotatable bonds is 4. The molecule has 0 radical (unpaired) electrons. The number of amides is 2. The molecule has 128 valence electrons. The highest BCUT2D eigenvalue weighted by Crippen LogP contribution is 2.25. The van der Waals surface area contributed by atoms with Crippen LogP contribution in [0.15, 0.2) is 66.9 Å². The molecule has 0 spiro atoms. The van der Waals surface area contributed by atoms with Gasteiger partial charge in [-0.05, 0) is 29.3 Å². The number of benzene rings is 2. The SMILES string of the molecule is COc1ccc(-c2ccc(CN3C(=O)c4ccccc4C3=O)cc2)cn1. The summed E-state index contributed by atoms with van der Waals surface area (Å²) in [5.74, 6) is 0.0825. The van der Waals surface area contributed by atoms with Crippen molar-refractivity contribution in [3.05, 3.63) is 83.6 Å². The molecule has 2 aromatic carbocycles. The summed E-state index contributed by atoms with van der Waals surface area (Å²) in [7, 11) is 1.58. The normalized spacial score (nSPS) is 13.0. The average Bonchev–Trinajstić information content (AvgIpc) is 2.94. The summed E-state index contributed by atoms with van der Waals surface area (Å²) in [4.78, 5) is 30.4. The zero-order chi connectivity index (χ0) is 18.1. The average molecular weight is 344 g/mol. The zero-order valence-electron chi connectivity index (χ0n) is 14.2. The highest BCUT2D eigenvalue weighted by molar-refractivity contribution is 6.21. The Morgan fingerprint density at radius 3 is 2.00 bits per heavy atom. The lowest BCUT2D eigenvalue weighted by Gasteiger charge is -2.14. The zero-order valence-corrected chi connectivity index (χ0v) is 14.2. The molecule has 4 rings (SSSR count). The number of carbonyl (C=O) groups is 2. The quantitative estimate of drug-likeness (QED) is 0.679. The highest BCUT2D eigenvalue weighted by atomic mass is 16.5. The van der Waals surface area contributed by atoms with Crippen molar-refractivity contribution in [2.75, 3.05) is 7.11 Å². The summed E-state index contributed by atoms with van der Waals surface area (Å²) in [6.07, 6.45) is 1.75. The molecule has 2 heterocycles. The topological polar surface area (TPSA) is 59.5 Å². The van der Waals surface area contributed by atoms with Gasteiger partial charge >= 0.3 is 0 Å². The van der Waals surface area contributed by atoms with Crippen LogP contribution in [-0.2, 0) is 6.54 Å². The van der Waals surface area contributed by atoms with Gasteiger partial charge in [-0.1, -0.05) is 36.4 Å². The maximum absolute atomic E-state index is 12.4. The lowest BCUT2D eigenvalue weighted by molar-refractivity contribution is 0.0642. The third-order valence-corrected chi connectivity index (χ3v) is 4.45. The summed E-state index contributed by atoms with van der Waals surface area (Å²) in [6, 6.07) is 18.4. The van der Waals surface area contributed by atoms with Crippen LogP contribution in [0, 0.1) is 0 Å². The van der Waals surface area contributed by atoms with Crippen LogP contribution in [-0.4, -0.2) is 28.8 Å². The van der Waals surface area contributed by atoms with Gasteiger partial charge in [0.05, 0.1) is 24.8 Å². The smallest absolute Gasteiger partial charge is 0.261 e. The minimum Gasteiger partial charge on any atom is -0.481 e. The molecule has 0 saturated carbocycles. The second kappa shape index (κ2) is 6.44. The van der Waals surface area contributed by atoms with Gasteiger partial charge in [0.1, 0.15) is 0 Å². The Labute approximate surface area is 150 Å². The van der Waals surface area contributed by atoms with E-state index < -0.39 is 0 Å². The van der Waals surface area contributed by atoms with Gasteiger partial charge in [-0.15, -0.1) is 0 Å². The van der Waals surface area contributed by atoms with E-state index in [9.17, 15) is 9.59 Å². The number of ether oxygens (including phenoxy) is 1. The third-order valence-electron chi connectivity index (χ3n) is 4.45. The van der Waals surface area contributed by atoms with Gasteiger partial charge in [0.15, 0.2) is 0 Å². The monoisotopic (exact) mass is 344 g/mol. The Kier molecular flexibility index (Phi) is 3.97. The third kappa shape index (κ3) is 2.73. The molecular weight excluding hydrogens is 328 g/mol. The second-order valence-corrected chi connectivity index (χ2v) is 6.03. The largest absolute Gasteiger partial charge is 0.481 e. The Balaban J connectivity index is 1.53. The van der Waals surface area contributed by atoms with E-state index in [1.165, 1.54) is 4.90 Å². The first-order valence-corrected chi connectivity index (χ1v) is 8.22. The number of hydrogen-bond acceptors (Lipinski definition) is 4.